The van der Waals surface area contributed by atoms with Crippen LogP contribution in [0.1, 0.15) is 37.3 Å². The highest BCUT2D eigenvalue weighted by Crippen LogP contribution is 2.26. The molecule has 1 unspecified atom stereocenters. The average Bonchev–Trinajstić information content (AvgIpc) is 3.03. The third-order valence-electron chi connectivity index (χ3n) is 4.50. The SMILES string of the molecule is CCC(C)c1ccc(OCCOc2ccc(C=C3SC(=S)NC3=O)cc2)cc1. The smallest absolute Gasteiger partial charge is 0.263 e. The second-order valence-electron chi connectivity index (χ2n) is 6.50. The molecule has 1 fully saturated rings. The highest BCUT2D eigenvalue weighted by molar-refractivity contribution is 8.26. The van der Waals surface area contributed by atoms with Crippen molar-refractivity contribution in [3.05, 3.63) is 64.6 Å². The van der Waals surface area contributed by atoms with E-state index in [9.17, 15) is 4.79 Å². The van der Waals surface area contributed by atoms with Gasteiger partial charge in [0.25, 0.3) is 5.91 Å². The summed E-state index contributed by atoms with van der Waals surface area (Å²) < 4.78 is 11.9. The fourth-order valence-electron chi connectivity index (χ4n) is 2.68. The van der Waals surface area contributed by atoms with Gasteiger partial charge in [-0.3, -0.25) is 4.79 Å². The molecule has 3 rings (SSSR count). The summed E-state index contributed by atoms with van der Waals surface area (Å²) in [6.07, 6.45) is 2.94. The van der Waals surface area contributed by atoms with Crippen molar-refractivity contribution in [2.24, 2.45) is 0 Å². The first-order valence-corrected chi connectivity index (χ1v) is 10.5. The number of rotatable bonds is 8. The van der Waals surface area contributed by atoms with Crippen LogP contribution in [0.3, 0.4) is 0 Å². The van der Waals surface area contributed by atoms with E-state index in [1.807, 2.05) is 42.5 Å². The molecular formula is C22H23NO3S2. The molecule has 1 saturated heterocycles. The molecule has 4 nitrogen and oxygen atoms in total. The average molecular weight is 414 g/mol. The number of amides is 1. The van der Waals surface area contributed by atoms with Crippen LogP contribution in [0, 0.1) is 0 Å². The quantitative estimate of drug-likeness (QED) is 0.369. The maximum atomic E-state index is 11.7. The summed E-state index contributed by atoms with van der Waals surface area (Å²) in [5.41, 5.74) is 2.25. The Hall–Kier alpha value is -2.31. The maximum absolute atomic E-state index is 11.7. The second-order valence-corrected chi connectivity index (χ2v) is 8.22. The maximum Gasteiger partial charge on any atom is 0.263 e. The molecule has 1 aliphatic heterocycles. The largest absolute Gasteiger partial charge is 0.490 e. The Kier molecular flexibility index (Phi) is 7.12. The number of thiocarbonyl (C=S) groups is 1. The van der Waals surface area contributed by atoms with Crippen LogP contribution in [-0.2, 0) is 4.79 Å². The molecule has 146 valence electrons. The van der Waals surface area contributed by atoms with Crippen molar-refractivity contribution >= 4 is 40.3 Å². The number of hydrogen-bond donors (Lipinski definition) is 1. The van der Waals surface area contributed by atoms with Crippen molar-refractivity contribution in [2.75, 3.05) is 13.2 Å². The first-order chi connectivity index (χ1) is 13.5. The molecule has 0 radical (unpaired) electrons. The van der Waals surface area contributed by atoms with Crippen LogP contribution in [0.4, 0.5) is 0 Å². The zero-order valence-electron chi connectivity index (χ0n) is 15.9. The van der Waals surface area contributed by atoms with Gasteiger partial charge in [0, 0.05) is 0 Å². The lowest BCUT2D eigenvalue weighted by molar-refractivity contribution is -0.115. The van der Waals surface area contributed by atoms with Gasteiger partial charge in [-0.2, -0.15) is 0 Å². The standard InChI is InChI=1S/C22H23NO3S2/c1-3-15(2)17-6-10-19(11-7-17)26-13-12-25-18-8-4-16(5-9-18)14-20-21(24)23-22(27)28-20/h4-11,14-15H,3,12-13H2,1-2H3,(H,23,24,27). The second kappa shape index (κ2) is 9.75. The van der Waals surface area contributed by atoms with E-state index in [-0.39, 0.29) is 5.91 Å². The lowest BCUT2D eigenvalue weighted by Gasteiger charge is -2.11. The van der Waals surface area contributed by atoms with Crippen molar-refractivity contribution in [1.29, 1.82) is 0 Å². The molecule has 1 N–H and O–H groups in total. The zero-order valence-corrected chi connectivity index (χ0v) is 17.6. The lowest BCUT2D eigenvalue weighted by atomic mass is 9.99. The summed E-state index contributed by atoms with van der Waals surface area (Å²) in [7, 11) is 0. The van der Waals surface area contributed by atoms with E-state index < -0.39 is 0 Å². The summed E-state index contributed by atoms with van der Waals surface area (Å²) in [4.78, 5) is 12.3. The highest BCUT2D eigenvalue weighted by Gasteiger charge is 2.21. The Labute approximate surface area is 175 Å². The number of thioether (sulfide) groups is 1. The van der Waals surface area contributed by atoms with E-state index in [0.29, 0.717) is 28.4 Å². The first-order valence-electron chi connectivity index (χ1n) is 9.25. The van der Waals surface area contributed by atoms with Gasteiger partial charge in [-0.25, -0.2) is 0 Å². The van der Waals surface area contributed by atoms with Crippen LogP contribution >= 0.6 is 24.0 Å². The van der Waals surface area contributed by atoms with Crippen LogP contribution in [0.25, 0.3) is 6.08 Å². The molecule has 1 amide bonds. The molecular weight excluding hydrogens is 390 g/mol. The van der Waals surface area contributed by atoms with E-state index >= 15 is 0 Å². The number of ether oxygens (including phenoxy) is 2. The molecule has 1 heterocycles. The van der Waals surface area contributed by atoms with E-state index in [4.69, 9.17) is 21.7 Å². The lowest BCUT2D eigenvalue weighted by Crippen LogP contribution is -2.17. The monoisotopic (exact) mass is 413 g/mol. The van der Waals surface area contributed by atoms with Gasteiger partial charge >= 0.3 is 0 Å². The Morgan fingerprint density at radius 3 is 2.11 bits per heavy atom. The normalized spacial score (nSPS) is 16.1. The summed E-state index contributed by atoms with van der Waals surface area (Å²) in [5, 5.41) is 2.61. The third-order valence-corrected chi connectivity index (χ3v) is 5.66. The molecule has 0 spiro atoms. The Morgan fingerprint density at radius 1 is 1.04 bits per heavy atom. The van der Waals surface area contributed by atoms with E-state index in [1.54, 1.807) is 0 Å². The summed E-state index contributed by atoms with van der Waals surface area (Å²) in [5.74, 6) is 2.03. The van der Waals surface area contributed by atoms with Crippen molar-refractivity contribution in [1.82, 2.24) is 5.32 Å². The molecule has 28 heavy (non-hydrogen) atoms. The van der Waals surface area contributed by atoms with Crippen LogP contribution in [0.15, 0.2) is 53.4 Å². The third kappa shape index (κ3) is 5.59. The van der Waals surface area contributed by atoms with Gasteiger partial charge in [0.2, 0.25) is 0 Å². The molecule has 0 bridgehead atoms. The molecule has 1 aliphatic rings. The molecule has 0 aromatic heterocycles. The Morgan fingerprint density at radius 2 is 1.61 bits per heavy atom. The minimum atomic E-state index is -0.148. The first kappa shape index (κ1) is 20.4. The van der Waals surface area contributed by atoms with Gasteiger partial charge in [0.15, 0.2) is 0 Å². The van der Waals surface area contributed by atoms with Crippen LogP contribution < -0.4 is 14.8 Å². The van der Waals surface area contributed by atoms with Crippen molar-refractivity contribution in [2.45, 2.75) is 26.2 Å². The minimum absolute atomic E-state index is 0.148. The predicted molar refractivity (Wildman–Crippen MR) is 119 cm³/mol. The van der Waals surface area contributed by atoms with E-state index in [2.05, 4.69) is 31.3 Å². The van der Waals surface area contributed by atoms with E-state index in [1.165, 1.54) is 17.3 Å². The zero-order chi connectivity index (χ0) is 19.9. The number of carbonyl (C=O) groups is 1. The number of benzene rings is 2. The van der Waals surface area contributed by atoms with Crippen LogP contribution in [0.5, 0.6) is 11.5 Å². The summed E-state index contributed by atoms with van der Waals surface area (Å²) in [6, 6.07) is 15.8. The molecule has 2 aromatic carbocycles. The fraction of sp³-hybridized carbons (Fsp3) is 0.273. The van der Waals surface area contributed by atoms with Gasteiger partial charge in [0.05, 0.1) is 4.91 Å². The Balaban J connectivity index is 1.45. The number of nitrogens with one attached hydrogen (secondary N) is 1. The van der Waals surface area contributed by atoms with Gasteiger partial charge in [-0.1, -0.05) is 62.1 Å². The van der Waals surface area contributed by atoms with Crippen molar-refractivity contribution in [3.8, 4) is 11.5 Å². The van der Waals surface area contributed by atoms with Gasteiger partial charge < -0.3 is 14.8 Å². The topological polar surface area (TPSA) is 47.6 Å². The van der Waals surface area contributed by atoms with Crippen LogP contribution in [-0.4, -0.2) is 23.4 Å². The highest BCUT2D eigenvalue weighted by atomic mass is 32.2. The molecule has 2 aromatic rings. The number of hydrogen-bond acceptors (Lipinski definition) is 5. The van der Waals surface area contributed by atoms with Crippen LogP contribution in [0.2, 0.25) is 0 Å². The molecule has 6 heteroatoms. The predicted octanol–water partition coefficient (Wildman–Crippen LogP) is 5.15. The van der Waals surface area contributed by atoms with Gasteiger partial charge in [0.1, 0.15) is 29.0 Å². The summed E-state index contributed by atoms with van der Waals surface area (Å²) in [6.45, 7) is 5.35. The Bertz CT molecular complexity index is 860. The molecule has 0 aliphatic carbocycles. The van der Waals surface area contributed by atoms with Gasteiger partial charge in [-0.05, 0) is 53.8 Å². The van der Waals surface area contributed by atoms with Crippen molar-refractivity contribution < 1.29 is 14.3 Å². The van der Waals surface area contributed by atoms with E-state index in [0.717, 1.165) is 23.5 Å². The fourth-order valence-corrected chi connectivity index (χ4v) is 3.72. The van der Waals surface area contributed by atoms with Crippen molar-refractivity contribution in [3.63, 3.8) is 0 Å². The molecule has 1 atom stereocenters. The molecule has 0 saturated carbocycles. The summed E-state index contributed by atoms with van der Waals surface area (Å²) >= 11 is 6.26. The van der Waals surface area contributed by atoms with Gasteiger partial charge in [-0.15, -0.1) is 0 Å². The number of carbonyl (C=O) groups excluding carboxylic acids is 1. The minimum Gasteiger partial charge on any atom is -0.490 e.